The molecule has 1 aromatic heterocycles. The van der Waals surface area contributed by atoms with Gasteiger partial charge in [0.25, 0.3) is 0 Å². The van der Waals surface area contributed by atoms with Gasteiger partial charge in [0.15, 0.2) is 0 Å². The van der Waals surface area contributed by atoms with E-state index in [-0.39, 0.29) is 32.7 Å². The van der Waals surface area contributed by atoms with Crippen LogP contribution in [0.5, 0.6) is 0 Å². The second kappa shape index (κ2) is 12.9. The third kappa shape index (κ3) is 6.28. The first-order valence-corrected chi connectivity index (χ1v) is 11.7. The number of H-pyrrole nitrogens is 1. The van der Waals surface area contributed by atoms with Crippen molar-refractivity contribution in [3.63, 3.8) is 0 Å². The Balaban J connectivity index is 0.00000111. The molecule has 0 amide bonds. The van der Waals surface area contributed by atoms with Crippen LogP contribution in [0.4, 0.5) is 0 Å². The summed E-state index contributed by atoms with van der Waals surface area (Å²) in [4.78, 5) is 8.80. The van der Waals surface area contributed by atoms with Crippen LogP contribution in [0.25, 0.3) is 16.6 Å². The number of nitrogens with zero attached hydrogens (tertiary/aromatic N) is 2. The molecule has 1 atom stereocenters. The first kappa shape index (κ1) is 26.2. The summed E-state index contributed by atoms with van der Waals surface area (Å²) in [5.41, 5.74) is 10.0. The Morgan fingerprint density at radius 1 is 1.13 bits per heavy atom. The van der Waals surface area contributed by atoms with Crippen LogP contribution in [0.2, 0.25) is 0 Å². The molecule has 6 heteroatoms. The van der Waals surface area contributed by atoms with Gasteiger partial charge < -0.3 is 21.4 Å². The van der Waals surface area contributed by atoms with Crippen LogP contribution in [0.1, 0.15) is 70.7 Å². The predicted octanol–water partition coefficient (Wildman–Crippen LogP) is 3.15. The molecule has 4 rings (SSSR count). The average molecular weight is 498 g/mol. The fourth-order valence-corrected chi connectivity index (χ4v) is 4.31. The Kier molecular flexibility index (Phi) is 10.9. The van der Waals surface area contributed by atoms with Crippen molar-refractivity contribution in [3.8, 4) is 0 Å². The van der Waals surface area contributed by atoms with E-state index in [4.69, 9.17) is 10.7 Å². The molecular formula is C25H38N5Y-. The Morgan fingerprint density at radius 2 is 1.87 bits per heavy atom. The van der Waals surface area contributed by atoms with E-state index in [0.717, 1.165) is 69.8 Å². The Bertz CT molecular complexity index is 1050. The minimum Gasteiger partial charge on any atom is -0.662 e. The zero-order valence-corrected chi connectivity index (χ0v) is 22.6. The summed E-state index contributed by atoms with van der Waals surface area (Å²) in [6.07, 6.45) is 5.19. The van der Waals surface area contributed by atoms with E-state index in [1.165, 1.54) is 32.3 Å². The van der Waals surface area contributed by atoms with E-state index >= 15 is 0 Å². The smallest absolute Gasteiger partial charge is 0.110 e. The normalized spacial score (nSPS) is 17.4. The molecule has 1 fully saturated rings. The van der Waals surface area contributed by atoms with Crippen molar-refractivity contribution in [3.05, 3.63) is 56.0 Å². The number of aryl methyl sites for hydroxylation is 1. The van der Waals surface area contributed by atoms with Crippen LogP contribution in [0.15, 0.2) is 18.2 Å². The number of fused-ring (bicyclic) bond motifs is 1. The van der Waals surface area contributed by atoms with E-state index in [9.17, 15) is 0 Å². The monoisotopic (exact) mass is 497 g/mol. The molecule has 1 radical (unpaired) electrons. The number of hydrogen-bond acceptors (Lipinski definition) is 3. The third-order valence-corrected chi connectivity index (χ3v) is 6.08. The van der Waals surface area contributed by atoms with E-state index in [2.05, 4.69) is 47.7 Å². The summed E-state index contributed by atoms with van der Waals surface area (Å²) in [6, 6.07) is 6.71. The number of imidazole rings is 1. The number of rotatable bonds is 5. The molecule has 2 heterocycles. The Morgan fingerprint density at radius 3 is 2.58 bits per heavy atom. The maximum absolute atomic E-state index is 6.16. The zero-order chi connectivity index (χ0) is 21.5. The van der Waals surface area contributed by atoms with Gasteiger partial charge in [-0.15, -0.1) is 6.54 Å². The standard InChI is InChI=1S/C23H32N5.C2H6.Y/c1-3-25-11-8-15(2)23-27-21(16-9-12-26-13-10-16)22(28-23)18-4-6-19-17(14-18)5-7-20(19)24;1-2;/h4,6,14-15,26H,3,5,7-13,24H2,1-2H3,(H,27,28);1-2H3;/q-1;;/b22-18-;;. The van der Waals surface area contributed by atoms with Crippen molar-refractivity contribution in [2.45, 2.75) is 65.7 Å². The molecule has 4 N–H and O–H groups in total. The third-order valence-electron chi connectivity index (χ3n) is 6.08. The second-order valence-corrected chi connectivity index (χ2v) is 8.05. The summed E-state index contributed by atoms with van der Waals surface area (Å²) < 4.78 is 0. The van der Waals surface area contributed by atoms with E-state index < -0.39 is 0 Å². The topological polar surface area (TPSA) is 80.8 Å². The van der Waals surface area contributed by atoms with Gasteiger partial charge in [-0.25, -0.2) is 4.98 Å². The van der Waals surface area contributed by atoms with Gasteiger partial charge in [-0.3, -0.25) is 0 Å². The molecule has 1 aromatic carbocycles. The molecule has 2 aliphatic rings. The molecule has 0 saturated carbocycles. The van der Waals surface area contributed by atoms with Gasteiger partial charge in [0.2, 0.25) is 0 Å². The summed E-state index contributed by atoms with van der Waals surface area (Å²) in [6.45, 7) is 12.2. The maximum Gasteiger partial charge on any atom is 0.110 e. The quantitative estimate of drug-likeness (QED) is 0.556. The van der Waals surface area contributed by atoms with Crippen molar-refractivity contribution >= 4 is 11.3 Å². The molecule has 1 aliphatic heterocycles. The Hall–Kier alpha value is -1.01. The second-order valence-electron chi connectivity index (χ2n) is 8.05. The van der Waals surface area contributed by atoms with Crippen molar-refractivity contribution in [1.82, 2.24) is 15.3 Å². The summed E-state index contributed by atoms with van der Waals surface area (Å²) in [5, 5.41) is 12.8. The van der Waals surface area contributed by atoms with E-state index in [1.807, 2.05) is 13.8 Å². The average Bonchev–Trinajstić information content (AvgIpc) is 3.40. The predicted molar refractivity (Wildman–Crippen MR) is 127 cm³/mol. The van der Waals surface area contributed by atoms with Gasteiger partial charge in [0.1, 0.15) is 5.82 Å². The van der Waals surface area contributed by atoms with Gasteiger partial charge in [0.05, 0.1) is 10.7 Å². The maximum atomic E-state index is 6.16. The summed E-state index contributed by atoms with van der Waals surface area (Å²) in [5.74, 6) is 1.47. The minimum atomic E-state index is 0. The largest absolute Gasteiger partial charge is 0.662 e. The van der Waals surface area contributed by atoms with Crippen LogP contribution < -0.4 is 21.6 Å². The molecule has 1 unspecified atom stereocenters. The molecule has 0 bridgehead atoms. The molecule has 167 valence electrons. The van der Waals surface area contributed by atoms with E-state index in [0.29, 0.717) is 5.92 Å². The minimum absolute atomic E-state index is 0. The zero-order valence-electron chi connectivity index (χ0n) is 19.7. The number of nitrogens with two attached hydrogens (primary N) is 1. The number of aromatic amines is 1. The van der Waals surface area contributed by atoms with E-state index in [1.54, 1.807) is 0 Å². The number of aromatic nitrogens is 2. The molecule has 31 heavy (non-hydrogen) atoms. The molecule has 2 aromatic rings. The number of nitrogens with one attached hydrogen (secondary N) is 2. The molecule has 1 saturated heterocycles. The van der Waals surface area contributed by atoms with Gasteiger partial charge in [-0.1, -0.05) is 46.2 Å². The molecule has 5 nitrogen and oxygen atoms in total. The van der Waals surface area contributed by atoms with Crippen LogP contribution in [0, 0.1) is 10.6 Å². The molecular weight excluding hydrogens is 459 g/mol. The molecule has 1 aliphatic carbocycles. The first-order chi connectivity index (χ1) is 14.7. The Labute approximate surface area is 212 Å². The number of piperidine rings is 1. The number of hydrogen-bond donors (Lipinski definition) is 3. The van der Waals surface area contributed by atoms with Crippen molar-refractivity contribution in [1.29, 1.82) is 0 Å². The SMILES string of the molecule is CC.CC[N-]CCC(C)c1nc(=C2CCNCC2)/c(=c2\ccc3c(c2)CCC=3N)[nH]1.[Y]. The summed E-state index contributed by atoms with van der Waals surface area (Å²) >= 11 is 0. The van der Waals surface area contributed by atoms with Crippen LogP contribution >= 0.6 is 0 Å². The first-order valence-electron chi connectivity index (χ1n) is 11.7. The fourth-order valence-electron chi connectivity index (χ4n) is 4.31. The fraction of sp³-hybridized carbons (Fsp3) is 0.560. The van der Waals surface area contributed by atoms with Crippen molar-refractivity contribution in [2.75, 3.05) is 26.2 Å². The molecule has 0 spiro atoms. The summed E-state index contributed by atoms with van der Waals surface area (Å²) in [7, 11) is 0. The number of benzene rings is 1. The van der Waals surface area contributed by atoms with Crippen molar-refractivity contribution in [2.24, 2.45) is 5.73 Å². The van der Waals surface area contributed by atoms with Crippen LogP contribution in [-0.4, -0.2) is 36.1 Å². The van der Waals surface area contributed by atoms with Gasteiger partial charge >= 0.3 is 0 Å². The van der Waals surface area contributed by atoms with Crippen molar-refractivity contribution < 1.29 is 32.7 Å². The van der Waals surface area contributed by atoms with Gasteiger partial charge in [-0.05, 0) is 61.2 Å². The van der Waals surface area contributed by atoms with Crippen LogP contribution in [-0.2, 0) is 39.1 Å². The van der Waals surface area contributed by atoms with Crippen LogP contribution in [0.3, 0.4) is 0 Å². The van der Waals surface area contributed by atoms with Gasteiger partial charge in [-0.2, -0.15) is 6.54 Å². The van der Waals surface area contributed by atoms with Gasteiger partial charge in [0, 0.05) is 49.5 Å².